The maximum atomic E-state index is 12.7. The van der Waals surface area contributed by atoms with Crippen molar-refractivity contribution in [3.63, 3.8) is 0 Å². The van der Waals surface area contributed by atoms with Crippen LogP contribution in [0, 0.1) is 11.3 Å². The van der Waals surface area contributed by atoms with Gasteiger partial charge in [-0.15, -0.1) is 12.4 Å². The van der Waals surface area contributed by atoms with Gasteiger partial charge in [0.25, 0.3) is 5.91 Å². The Labute approximate surface area is 172 Å². The third-order valence-electron chi connectivity index (χ3n) is 6.41. The summed E-state index contributed by atoms with van der Waals surface area (Å²) in [6.45, 7) is 1.58. The molecule has 0 unspecified atom stereocenters. The minimum absolute atomic E-state index is 0. The summed E-state index contributed by atoms with van der Waals surface area (Å²) in [5.74, 6) is -0.0846. The SMILES string of the molecule is Cl.O=C(O)CCC1CCC2(CC1)CCN(C(=O)c1ccc(C=NO)cc1)CC2. The van der Waals surface area contributed by atoms with E-state index in [4.69, 9.17) is 10.3 Å². The fraction of sp³-hybridized carbons (Fsp3) is 0.571. The number of carboxylic acid groups (broad SMARTS) is 1. The summed E-state index contributed by atoms with van der Waals surface area (Å²) in [6.07, 6.45) is 9.06. The third kappa shape index (κ3) is 5.47. The number of hydrogen-bond acceptors (Lipinski definition) is 4. The van der Waals surface area contributed by atoms with Crippen molar-refractivity contribution in [2.75, 3.05) is 13.1 Å². The first-order chi connectivity index (χ1) is 13.0. The van der Waals surface area contributed by atoms with Crippen LogP contribution in [0.3, 0.4) is 0 Å². The van der Waals surface area contributed by atoms with Crippen LogP contribution in [-0.2, 0) is 4.79 Å². The molecule has 1 heterocycles. The molecule has 1 aromatic carbocycles. The van der Waals surface area contributed by atoms with E-state index >= 15 is 0 Å². The molecule has 1 saturated carbocycles. The summed E-state index contributed by atoms with van der Waals surface area (Å²) in [5.41, 5.74) is 1.77. The predicted molar refractivity (Wildman–Crippen MR) is 109 cm³/mol. The summed E-state index contributed by atoms with van der Waals surface area (Å²) >= 11 is 0. The molecule has 1 saturated heterocycles. The van der Waals surface area contributed by atoms with Crippen molar-refractivity contribution in [3.8, 4) is 0 Å². The van der Waals surface area contributed by atoms with Gasteiger partial charge < -0.3 is 15.2 Å². The van der Waals surface area contributed by atoms with Crippen LogP contribution in [0.4, 0.5) is 0 Å². The van der Waals surface area contributed by atoms with Gasteiger partial charge in [-0.1, -0.05) is 17.3 Å². The van der Waals surface area contributed by atoms with Crippen LogP contribution in [0.5, 0.6) is 0 Å². The first-order valence-corrected chi connectivity index (χ1v) is 9.80. The fourth-order valence-electron chi connectivity index (χ4n) is 4.55. The minimum atomic E-state index is -0.696. The van der Waals surface area contributed by atoms with Crippen molar-refractivity contribution < 1.29 is 19.9 Å². The number of rotatable bonds is 5. The summed E-state index contributed by atoms with van der Waals surface area (Å²) < 4.78 is 0. The molecule has 0 bridgehead atoms. The number of halogens is 1. The molecule has 0 radical (unpaired) electrons. The number of oxime groups is 1. The number of piperidine rings is 1. The molecule has 2 fully saturated rings. The number of nitrogens with zero attached hydrogens (tertiary/aromatic N) is 2. The van der Waals surface area contributed by atoms with Gasteiger partial charge in [-0.3, -0.25) is 9.59 Å². The fourth-order valence-corrected chi connectivity index (χ4v) is 4.55. The number of benzene rings is 1. The molecule has 0 aromatic heterocycles. The largest absolute Gasteiger partial charge is 0.481 e. The number of likely N-dealkylation sites (tertiary alicyclic amines) is 1. The Kier molecular flexibility index (Phi) is 7.87. The average molecular weight is 409 g/mol. The third-order valence-corrected chi connectivity index (χ3v) is 6.41. The molecule has 1 aliphatic carbocycles. The van der Waals surface area contributed by atoms with Gasteiger partial charge in [-0.25, -0.2) is 0 Å². The highest BCUT2D eigenvalue weighted by Crippen LogP contribution is 2.47. The normalized spacial score (nSPS) is 19.5. The molecule has 1 amide bonds. The Morgan fingerprint density at radius 3 is 2.25 bits per heavy atom. The molecule has 154 valence electrons. The quantitative estimate of drug-likeness (QED) is 0.434. The van der Waals surface area contributed by atoms with Crippen molar-refractivity contribution in [3.05, 3.63) is 35.4 Å². The molecule has 6 nitrogen and oxygen atoms in total. The Balaban J connectivity index is 0.00000280. The van der Waals surface area contributed by atoms with Crippen LogP contribution >= 0.6 is 12.4 Å². The Morgan fingerprint density at radius 2 is 1.71 bits per heavy atom. The Morgan fingerprint density at radius 1 is 1.11 bits per heavy atom. The van der Waals surface area contributed by atoms with Gasteiger partial charge in [0.05, 0.1) is 6.21 Å². The summed E-state index contributed by atoms with van der Waals surface area (Å²) in [5, 5.41) is 20.4. The number of aliphatic carboxylic acids is 1. The first-order valence-electron chi connectivity index (χ1n) is 9.80. The maximum absolute atomic E-state index is 12.7. The molecule has 2 N–H and O–H groups in total. The van der Waals surface area contributed by atoms with E-state index in [1.807, 2.05) is 4.90 Å². The lowest BCUT2D eigenvalue weighted by Crippen LogP contribution is -2.44. The van der Waals surface area contributed by atoms with Gasteiger partial charge in [-0.05, 0) is 74.0 Å². The van der Waals surface area contributed by atoms with Crippen LogP contribution in [0.1, 0.15) is 67.3 Å². The summed E-state index contributed by atoms with van der Waals surface area (Å²) in [7, 11) is 0. The monoisotopic (exact) mass is 408 g/mol. The average Bonchev–Trinajstić information content (AvgIpc) is 2.68. The Hall–Kier alpha value is -2.08. The zero-order valence-corrected chi connectivity index (χ0v) is 16.9. The van der Waals surface area contributed by atoms with Crippen LogP contribution < -0.4 is 0 Å². The van der Waals surface area contributed by atoms with Gasteiger partial charge in [0.1, 0.15) is 0 Å². The molecule has 3 rings (SSSR count). The van der Waals surface area contributed by atoms with E-state index in [0.717, 1.165) is 63.6 Å². The topological polar surface area (TPSA) is 90.2 Å². The number of amides is 1. The first kappa shape index (κ1) is 22.2. The second kappa shape index (κ2) is 9.92. The van der Waals surface area contributed by atoms with Crippen LogP contribution in [-0.4, -0.2) is 46.4 Å². The van der Waals surface area contributed by atoms with Crippen molar-refractivity contribution in [2.45, 2.75) is 51.4 Å². The molecule has 1 aromatic rings. The molecule has 1 aliphatic heterocycles. The van der Waals surface area contributed by atoms with Gasteiger partial charge in [0.15, 0.2) is 0 Å². The zero-order valence-electron chi connectivity index (χ0n) is 16.0. The standard InChI is InChI=1S/C21H28N2O4.ClH/c24-19(25)6-3-16-7-9-21(10-8-16)11-13-23(14-12-21)20(26)18-4-1-17(2-5-18)15-22-27;/h1-2,4-5,15-16,27H,3,6-14H2,(H,24,25);1H. The van der Waals surface area contributed by atoms with Gasteiger partial charge in [0.2, 0.25) is 0 Å². The van der Waals surface area contributed by atoms with Crippen molar-refractivity contribution in [2.24, 2.45) is 16.5 Å². The summed E-state index contributed by atoms with van der Waals surface area (Å²) in [4.78, 5) is 25.4. The number of carbonyl (C=O) groups is 2. The summed E-state index contributed by atoms with van der Waals surface area (Å²) in [6, 6.07) is 7.10. The highest BCUT2D eigenvalue weighted by Gasteiger charge is 2.39. The highest BCUT2D eigenvalue weighted by molar-refractivity contribution is 5.95. The molecule has 1 spiro atoms. The lowest BCUT2D eigenvalue weighted by Gasteiger charge is -2.46. The second-order valence-corrected chi connectivity index (χ2v) is 8.03. The zero-order chi connectivity index (χ0) is 19.3. The molecule has 7 heteroatoms. The Bertz CT molecular complexity index is 687. The van der Waals surface area contributed by atoms with Crippen molar-refractivity contribution in [1.29, 1.82) is 0 Å². The molecule has 2 aliphatic rings. The number of carbonyl (C=O) groups excluding carboxylic acids is 1. The van der Waals surface area contributed by atoms with E-state index in [1.165, 1.54) is 6.21 Å². The van der Waals surface area contributed by atoms with Gasteiger partial charge in [-0.2, -0.15) is 0 Å². The second-order valence-electron chi connectivity index (χ2n) is 8.03. The van der Waals surface area contributed by atoms with Crippen LogP contribution in [0.2, 0.25) is 0 Å². The minimum Gasteiger partial charge on any atom is -0.481 e. The van der Waals surface area contributed by atoms with E-state index in [1.54, 1.807) is 24.3 Å². The van der Waals surface area contributed by atoms with Crippen LogP contribution in [0.25, 0.3) is 0 Å². The van der Waals surface area contributed by atoms with E-state index in [-0.39, 0.29) is 24.7 Å². The van der Waals surface area contributed by atoms with Gasteiger partial charge in [0, 0.05) is 25.1 Å². The lowest BCUT2D eigenvalue weighted by molar-refractivity contribution is -0.137. The lowest BCUT2D eigenvalue weighted by atomic mass is 9.65. The predicted octanol–water partition coefficient (Wildman–Crippen LogP) is 4.19. The van der Waals surface area contributed by atoms with Crippen molar-refractivity contribution in [1.82, 2.24) is 4.90 Å². The number of hydrogen-bond donors (Lipinski definition) is 2. The van der Waals surface area contributed by atoms with Crippen LogP contribution in [0.15, 0.2) is 29.4 Å². The molecular weight excluding hydrogens is 380 g/mol. The van der Waals surface area contributed by atoms with E-state index in [0.29, 0.717) is 16.9 Å². The highest BCUT2D eigenvalue weighted by atomic mass is 35.5. The smallest absolute Gasteiger partial charge is 0.303 e. The van der Waals surface area contributed by atoms with E-state index in [9.17, 15) is 9.59 Å². The van der Waals surface area contributed by atoms with E-state index < -0.39 is 5.97 Å². The molecule has 0 atom stereocenters. The number of carboxylic acids is 1. The van der Waals surface area contributed by atoms with Crippen molar-refractivity contribution >= 4 is 30.5 Å². The molecule has 28 heavy (non-hydrogen) atoms. The molecular formula is C21H29ClN2O4. The van der Waals surface area contributed by atoms with E-state index in [2.05, 4.69) is 5.16 Å². The maximum Gasteiger partial charge on any atom is 0.303 e. The van der Waals surface area contributed by atoms with Gasteiger partial charge >= 0.3 is 5.97 Å².